The van der Waals surface area contributed by atoms with Crippen LogP contribution in [0.1, 0.15) is 29.3 Å². The van der Waals surface area contributed by atoms with Crippen molar-refractivity contribution in [3.63, 3.8) is 0 Å². The first-order valence-electron chi connectivity index (χ1n) is 7.75. The summed E-state index contributed by atoms with van der Waals surface area (Å²) in [4.78, 5) is 16.2. The molecule has 0 unspecified atom stereocenters. The van der Waals surface area contributed by atoms with Gasteiger partial charge in [-0.15, -0.1) is 0 Å². The van der Waals surface area contributed by atoms with E-state index >= 15 is 0 Å². The minimum Gasteiger partial charge on any atom is -0.481 e. The Kier molecular flexibility index (Phi) is 4.12. The molecule has 1 aliphatic rings. The maximum atomic E-state index is 11.4. The highest BCUT2D eigenvalue weighted by atomic mass is 127. The zero-order valence-corrected chi connectivity index (χ0v) is 15.2. The van der Waals surface area contributed by atoms with E-state index in [0.717, 1.165) is 28.0 Å². The Morgan fingerprint density at radius 3 is 2.48 bits per heavy atom. The average Bonchev–Trinajstić information content (AvgIpc) is 2.94. The van der Waals surface area contributed by atoms with Gasteiger partial charge in [0.25, 0.3) is 0 Å². The van der Waals surface area contributed by atoms with Crippen LogP contribution >= 0.6 is 22.6 Å². The molecule has 0 saturated heterocycles. The van der Waals surface area contributed by atoms with Crippen molar-refractivity contribution in [1.82, 2.24) is 5.16 Å². The number of hydrogen-bond donors (Lipinski definition) is 1. The van der Waals surface area contributed by atoms with Crippen molar-refractivity contribution >= 4 is 34.3 Å². The molecular formula is C19H13IN2O3. The lowest BCUT2D eigenvalue weighted by Crippen LogP contribution is -2.08. The smallest absolute Gasteiger partial charge is 0.306 e. The maximum Gasteiger partial charge on any atom is 0.306 e. The van der Waals surface area contributed by atoms with Crippen LogP contribution in [0.15, 0.2) is 64.1 Å². The number of aliphatic carboxylic acids is 1. The number of hydrogen-bond acceptors (Lipinski definition) is 4. The number of carbonyl (C=O) groups is 1. The molecule has 6 heteroatoms. The number of rotatable bonds is 3. The molecule has 0 radical (unpaired) electrons. The van der Waals surface area contributed by atoms with Gasteiger partial charge in [0.15, 0.2) is 9.46 Å². The number of aliphatic imine (C=N–C) groups is 1. The van der Waals surface area contributed by atoms with Crippen LogP contribution in [-0.4, -0.2) is 21.9 Å². The van der Waals surface area contributed by atoms with Gasteiger partial charge in [-0.2, -0.15) is 0 Å². The number of carboxylic acids is 1. The normalized spacial score (nSPS) is 15.7. The van der Waals surface area contributed by atoms with Crippen LogP contribution in [0.3, 0.4) is 0 Å². The zero-order chi connectivity index (χ0) is 17.4. The highest BCUT2D eigenvalue weighted by Crippen LogP contribution is 2.41. The van der Waals surface area contributed by atoms with Crippen molar-refractivity contribution in [3.8, 4) is 11.1 Å². The molecule has 1 atom stereocenters. The Balaban J connectivity index is 2.01. The number of carboxylic acid groups (broad SMARTS) is 1. The molecule has 124 valence electrons. The van der Waals surface area contributed by atoms with Crippen LogP contribution in [0, 0.1) is 3.70 Å². The van der Waals surface area contributed by atoms with Gasteiger partial charge in [0.2, 0.25) is 0 Å². The predicted octanol–water partition coefficient (Wildman–Crippen LogP) is 4.31. The fraction of sp³-hybridized carbons (Fsp3) is 0.105. The van der Waals surface area contributed by atoms with E-state index in [1.165, 1.54) is 0 Å². The van der Waals surface area contributed by atoms with Gasteiger partial charge in [0.05, 0.1) is 17.7 Å². The summed E-state index contributed by atoms with van der Waals surface area (Å²) in [5.74, 6) is -0.422. The van der Waals surface area contributed by atoms with Crippen LogP contribution in [0.25, 0.3) is 11.1 Å². The quantitative estimate of drug-likeness (QED) is 0.611. The highest BCUT2D eigenvalue weighted by Gasteiger charge is 2.31. The van der Waals surface area contributed by atoms with Crippen LogP contribution in [-0.2, 0) is 4.79 Å². The van der Waals surface area contributed by atoms with Crippen LogP contribution < -0.4 is 0 Å². The van der Waals surface area contributed by atoms with E-state index < -0.39 is 12.0 Å². The van der Waals surface area contributed by atoms with Gasteiger partial charge in [-0.1, -0.05) is 59.8 Å². The lowest BCUT2D eigenvalue weighted by molar-refractivity contribution is -0.137. The van der Waals surface area contributed by atoms with Crippen LogP contribution in [0.5, 0.6) is 0 Å². The van der Waals surface area contributed by atoms with Crippen molar-refractivity contribution in [2.75, 3.05) is 0 Å². The molecule has 0 amide bonds. The topological polar surface area (TPSA) is 75.7 Å². The molecule has 1 aliphatic heterocycles. The van der Waals surface area contributed by atoms with Gasteiger partial charge in [0.1, 0.15) is 6.04 Å². The molecule has 0 saturated carbocycles. The molecule has 0 fully saturated rings. The molecule has 0 aliphatic carbocycles. The number of halogens is 1. The summed E-state index contributed by atoms with van der Waals surface area (Å²) in [6.07, 6.45) is -0.150. The lowest BCUT2D eigenvalue weighted by Gasteiger charge is -2.10. The molecular weight excluding hydrogens is 431 g/mol. The SMILES string of the molecule is O=C(O)C[C@@H]1N=C(c2ccccc2)c2ccccc2-c2c(I)noc21. The van der Waals surface area contributed by atoms with E-state index in [1.54, 1.807) is 0 Å². The van der Waals surface area contributed by atoms with Crippen LogP contribution in [0.4, 0.5) is 0 Å². The molecule has 0 bridgehead atoms. The van der Waals surface area contributed by atoms with Gasteiger partial charge >= 0.3 is 5.97 Å². The molecule has 2 heterocycles. The zero-order valence-electron chi connectivity index (χ0n) is 13.0. The van der Waals surface area contributed by atoms with Gasteiger partial charge in [-0.3, -0.25) is 9.79 Å². The second-order valence-electron chi connectivity index (χ2n) is 5.72. The molecule has 5 nitrogen and oxygen atoms in total. The number of aromatic nitrogens is 1. The van der Waals surface area contributed by atoms with Crippen LogP contribution in [0.2, 0.25) is 0 Å². The molecule has 4 rings (SSSR count). The summed E-state index contributed by atoms with van der Waals surface area (Å²) < 4.78 is 6.20. The van der Waals surface area contributed by atoms with Crippen molar-refractivity contribution in [2.24, 2.45) is 4.99 Å². The summed E-state index contributed by atoms with van der Waals surface area (Å²) in [5, 5.41) is 13.4. The second kappa shape index (κ2) is 6.44. The summed E-state index contributed by atoms with van der Waals surface area (Å²) in [6, 6.07) is 17.1. The van der Waals surface area contributed by atoms with Crippen molar-refractivity contribution in [3.05, 3.63) is 75.2 Å². The predicted molar refractivity (Wildman–Crippen MR) is 102 cm³/mol. The van der Waals surface area contributed by atoms with Gasteiger partial charge in [0, 0.05) is 11.1 Å². The fourth-order valence-electron chi connectivity index (χ4n) is 3.07. The summed E-state index contributed by atoms with van der Waals surface area (Å²) in [6.45, 7) is 0. The molecule has 1 aromatic heterocycles. The summed E-state index contributed by atoms with van der Waals surface area (Å²) in [5.41, 5.74) is 4.45. The largest absolute Gasteiger partial charge is 0.481 e. The Morgan fingerprint density at radius 1 is 1.08 bits per heavy atom. The minimum atomic E-state index is -0.926. The number of benzene rings is 2. The van der Waals surface area contributed by atoms with E-state index in [-0.39, 0.29) is 6.42 Å². The Bertz CT molecular complexity index is 979. The minimum absolute atomic E-state index is 0.150. The molecule has 0 spiro atoms. The van der Waals surface area contributed by atoms with Crippen molar-refractivity contribution in [1.29, 1.82) is 0 Å². The molecule has 25 heavy (non-hydrogen) atoms. The fourth-order valence-corrected chi connectivity index (χ4v) is 3.73. The molecule has 1 N–H and O–H groups in total. The standard InChI is InChI=1S/C19H13IN2O3/c20-19-16-12-8-4-5-9-13(12)17(11-6-2-1-3-7-11)21-14(10-15(23)24)18(16)25-22-19/h1-9,14H,10H2,(H,23,24)/t14-/m0/s1. The van der Waals surface area contributed by atoms with E-state index in [2.05, 4.69) is 27.7 Å². The lowest BCUT2D eigenvalue weighted by atomic mass is 9.94. The van der Waals surface area contributed by atoms with Crippen molar-refractivity contribution in [2.45, 2.75) is 12.5 Å². The Hall–Kier alpha value is -2.48. The summed E-state index contributed by atoms with van der Waals surface area (Å²) in [7, 11) is 0. The second-order valence-corrected chi connectivity index (χ2v) is 6.74. The summed E-state index contributed by atoms with van der Waals surface area (Å²) >= 11 is 2.11. The highest BCUT2D eigenvalue weighted by molar-refractivity contribution is 14.1. The van der Waals surface area contributed by atoms with Crippen molar-refractivity contribution < 1.29 is 14.4 Å². The molecule has 2 aromatic carbocycles. The first-order valence-corrected chi connectivity index (χ1v) is 8.83. The maximum absolute atomic E-state index is 11.4. The van der Waals surface area contributed by atoms with E-state index in [1.807, 2.05) is 54.6 Å². The Labute approximate surface area is 157 Å². The van der Waals surface area contributed by atoms with Gasteiger partial charge in [-0.05, 0) is 28.2 Å². The third-order valence-corrected chi connectivity index (χ3v) is 4.87. The number of nitrogens with zero attached hydrogens (tertiary/aromatic N) is 2. The first-order chi connectivity index (χ1) is 12.1. The number of fused-ring (bicyclic) bond motifs is 3. The van der Waals surface area contributed by atoms with Gasteiger partial charge < -0.3 is 9.63 Å². The van der Waals surface area contributed by atoms with E-state index in [9.17, 15) is 9.90 Å². The molecule has 3 aromatic rings. The Morgan fingerprint density at radius 2 is 1.76 bits per heavy atom. The first kappa shape index (κ1) is 16.0. The third kappa shape index (κ3) is 2.86. The van der Waals surface area contributed by atoms with E-state index in [0.29, 0.717) is 9.46 Å². The third-order valence-electron chi connectivity index (χ3n) is 4.13. The average molecular weight is 444 g/mol. The monoisotopic (exact) mass is 444 g/mol. The van der Waals surface area contributed by atoms with Gasteiger partial charge in [-0.25, -0.2) is 0 Å². The van der Waals surface area contributed by atoms with E-state index in [4.69, 9.17) is 9.52 Å².